The second-order valence-electron chi connectivity index (χ2n) is 2.85. The quantitative estimate of drug-likeness (QED) is 0.694. The molecule has 0 saturated carbocycles. The van der Waals surface area contributed by atoms with Gasteiger partial charge in [-0.3, -0.25) is 4.99 Å². The van der Waals surface area contributed by atoms with Crippen LogP contribution in [0.3, 0.4) is 0 Å². The fourth-order valence-corrected chi connectivity index (χ4v) is 2.02. The first-order valence-corrected chi connectivity index (χ1v) is 5.49. The molecule has 0 aliphatic heterocycles. The molecule has 1 nitrogen and oxygen atoms in total. The summed E-state index contributed by atoms with van der Waals surface area (Å²) in [6.07, 6.45) is 1.61. The van der Waals surface area contributed by atoms with E-state index >= 15 is 0 Å². The number of hydrogen-bond acceptors (Lipinski definition) is 2. The molecular weight excluding hydrogens is 233 g/mol. The van der Waals surface area contributed by atoms with E-state index in [-0.39, 0.29) is 5.82 Å². The molecule has 0 aliphatic rings. The summed E-state index contributed by atoms with van der Waals surface area (Å²) >= 11 is 7.16. The molecule has 0 radical (unpaired) electrons. The standard InChI is InChI=1S/C11H7ClFNS/c12-11-6-5-8(15-11)7-14-10-4-2-1-3-9(10)13/h1-7H. The summed E-state index contributed by atoms with van der Waals surface area (Å²) in [4.78, 5) is 4.95. The van der Waals surface area contributed by atoms with E-state index in [2.05, 4.69) is 4.99 Å². The van der Waals surface area contributed by atoms with Crippen molar-refractivity contribution >= 4 is 34.8 Å². The highest BCUT2D eigenvalue weighted by molar-refractivity contribution is 7.17. The number of para-hydroxylation sites is 1. The molecule has 0 amide bonds. The molecule has 0 spiro atoms. The Morgan fingerprint density at radius 3 is 2.67 bits per heavy atom. The number of benzene rings is 1. The van der Waals surface area contributed by atoms with Crippen molar-refractivity contribution in [2.75, 3.05) is 0 Å². The van der Waals surface area contributed by atoms with Crippen molar-refractivity contribution < 1.29 is 4.39 Å². The smallest absolute Gasteiger partial charge is 0.148 e. The van der Waals surface area contributed by atoms with E-state index in [0.29, 0.717) is 10.0 Å². The van der Waals surface area contributed by atoms with Gasteiger partial charge >= 0.3 is 0 Å². The number of aliphatic imine (C=N–C) groups is 1. The van der Waals surface area contributed by atoms with Crippen molar-refractivity contribution in [2.24, 2.45) is 4.99 Å². The fraction of sp³-hybridized carbons (Fsp3) is 0. The molecule has 0 atom stereocenters. The molecular formula is C11H7ClFNS. The van der Waals surface area contributed by atoms with Crippen LogP contribution < -0.4 is 0 Å². The highest BCUT2D eigenvalue weighted by atomic mass is 35.5. The summed E-state index contributed by atoms with van der Waals surface area (Å²) in [7, 11) is 0. The van der Waals surface area contributed by atoms with E-state index in [9.17, 15) is 4.39 Å². The van der Waals surface area contributed by atoms with Crippen LogP contribution in [0.15, 0.2) is 41.4 Å². The van der Waals surface area contributed by atoms with E-state index in [1.54, 1.807) is 30.5 Å². The molecule has 76 valence electrons. The average molecular weight is 240 g/mol. The van der Waals surface area contributed by atoms with Crippen LogP contribution in [0.5, 0.6) is 0 Å². The number of hydrogen-bond donors (Lipinski definition) is 0. The normalized spacial score (nSPS) is 11.1. The summed E-state index contributed by atoms with van der Waals surface area (Å²) in [5.74, 6) is -0.323. The Morgan fingerprint density at radius 1 is 1.20 bits per heavy atom. The van der Waals surface area contributed by atoms with Gasteiger partial charge in [-0.15, -0.1) is 11.3 Å². The Hall–Kier alpha value is -1.19. The second kappa shape index (κ2) is 4.55. The summed E-state index contributed by atoms with van der Waals surface area (Å²) < 4.78 is 13.9. The number of rotatable bonds is 2. The molecule has 1 heterocycles. The van der Waals surface area contributed by atoms with Crippen molar-refractivity contribution in [2.45, 2.75) is 0 Å². The van der Waals surface area contributed by atoms with Gasteiger partial charge in [0.1, 0.15) is 5.82 Å². The van der Waals surface area contributed by atoms with E-state index in [4.69, 9.17) is 11.6 Å². The summed E-state index contributed by atoms with van der Waals surface area (Å²) in [6.45, 7) is 0. The Balaban J connectivity index is 2.22. The van der Waals surface area contributed by atoms with Crippen molar-refractivity contribution in [3.05, 3.63) is 51.4 Å². The minimum Gasteiger partial charge on any atom is -0.252 e. The third-order valence-corrected chi connectivity index (χ3v) is 2.94. The fourth-order valence-electron chi connectivity index (χ4n) is 1.09. The monoisotopic (exact) mass is 239 g/mol. The molecule has 0 N–H and O–H groups in total. The molecule has 2 rings (SSSR count). The second-order valence-corrected chi connectivity index (χ2v) is 4.60. The highest BCUT2D eigenvalue weighted by Gasteiger charge is 1.97. The molecule has 0 bridgehead atoms. The zero-order valence-electron chi connectivity index (χ0n) is 7.65. The van der Waals surface area contributed by atoms with Gasteiger partial charge in [-0.1, -0.05) is 23.7 Å². The van der Waals surface area contributed by atoms with Crippen molar-refractivity contribution in [1.29, 1.82) is 0 Å². The Kier molecular flexibility index (Phi) is 3.14. The van der Waals surface area contributed by atoms with Crippen LogP contribution in [0.4, 0.5) is 10.1 Å². The molecule has 2 aromatic rings. The largest absolute Gasteiger partial charge is 0.252 e. The maximum Gasteiger partial charge on any atom is 0.148 e. The van der Waals surface area contributed by atoms with E-state index in [1.165, 1.54) is 17.4 Å². The maximum atomic E-state index is 13.2. The average Bonchev–Trinajstić information content (AvgIpc) is 2.63. The van der Waals surface area contributed by atoms with Crippen LogP contribution in [0.2, 0.25) is 4.34 Å². The zero-order chi connectivity index (χ0) is 10.7. The number of thiophene rings is 1. The van der Waals surface area contributed by atoms with Crippen LogP contribution in [0.25, 0.3) is 0 Å². The molecule has 0 fully saturated rings. The first-order chi connectivity index (χ1) is 7.25. The highest BCUT2D eigenvalue weighted by Crippen LogP contribution is 2.21. The van der Waals surface area contributed by atoms with Gasteiger partial charge in [0.25, 0.3) is 0 Å². The lowest BCUT2D eigenvalue weighted by Crippen LogP contribution is -1.76. The summed E-state index contributed by atoms with van der Waals surface area (Å²) in [6, 6.07) is 10.0. The molecule has 0 aliphatic carbocycles. The van der Waals surface area contributed by atoms with Crippen molar-refractivity contribution in [3.8, 4) is 0 Å². The Morgan fingerprint density at radius 2 is 2.00 bits per heavy atom. The third-order valence-electron chi connectivity index (χ3n) is 1.78. The topological polar surface area (TPSA) is 12.4 Å². The van der Waals surface area contributed by atoms with Gasteiger partial charge in [0, 0.05) is 11.1 Å². The van der Waals surface area contributed by atoms with Gasteiger partial charge in [-0.05, 0) is 24.3 Å². The van der Waals surface area contributed by atoms with Gasteiger partial charge in [0.05, 0.1) is 10.0 Å². The Bertz CT molecular complexity index is 493. The first-order valence-electron chi connectivity index (χ1n) is 4.29. The first kappa shape index (κ1) is 10.3. The number of halogens is 2. The minimum absolute atomic E-state index is 0.323. The van der Waals surface area contributed by atoms with Crippen LogP contribution in [0, 0.1) is 5.82 Å². The lowest BCUT2D eigenvalue weighted by Gasteiger charge is -1.93. The van der Waals surface area contributed by atoms with E-state index in [1.807, 2.05) is 6.07 Å². The third kappa shape index (κ3) is 2.64. The lowest BCUT2D eigenvalue weighted by molar-refractivity contribution is 0.630. The lowest BCUT2D eigenvalue weighted by atomic mass is 10.3. The van der Waals surface area contributed by atoms with Crippen LogP contribution in [-0.4, -0.2) is 6.21 Å². The van der Waals surface area contributed by atoms with Crippen LogP contribution >= 0.6 is 22.9 Å². The predicted molar refractivity (Wildman–Crippen MR) is 63.0 cm³/mol. The molecule has 0 unspecified atom stereocenters. The van der Waals surface area contributed by atoms with Crippen LogP contribution in [-0.2, 0) is 0 Å². The summed E-state index contributed by atoms with van der Waals surface area (Å²) in [5.41, 5.74) is 0.335. The molecule has 1 aromatic heterocycles. The number of nitrogens with zero attached hydrogens (tertiary/aromatic N) is 1. The van der Waals surface area contributed by atoms with Crippen molar-refractivity contribution in [3.63, 3.8) is 0 Å². The molecule has 1 aromatic carbocycles. The SMILES string of the molecule is Fc1ccccc1N=Cc1ccc(Cl)s1. The zero-order valence-corrected chi connectivity index (χ0v) is 9.23. The Labute approximate surface area is 95.9 Å². The molecule has 0 saturated heterocycles. The molecule has 4 heteroatoms. The molecule has 15 heavy (non-hydrogen) atoms. The van der Waals surface area contributed by atoms with Crippen LogP contribution in [0.1, 0.15) is 4.88 Å². The van der Waals surface area contributed by atoms with Gasteiger partial charge in [0.2, 0.25) is 0 Å². The minimum atomic E-state index is -0.323. The van der Waals surface area contributed by atoms with Crippen molar-refractivity contribution in [1.82, 2.24) is 0 Å². The van der Waals surface area contributed by atoms with Gasteiger partial charge in [-0.25, -0.2) is 4.39 Å². The maximum absolute atomic E-state index is 13.2. The van der Waals surface area contributed by atoms with Gasteiger partial charge in [-0.2, -0.15) is 0 Å². The van der Waals surface area contributed by atoms with E-state index in [0.717, 1.165) is 4.88 Å². The van der Waals surface area contributed by atoms with Gasteiger partial charge < -0.3 is 0 Å². The van der Waals surface area contributed by atoms with Gasteiger partial charge in [0.15, 0.2) is 0 Å². The van der Waals surface area contributed by atoms with E-state index < -0.39 is 0 Å². The predicted octanol–water partition coefficient (Wildman–Crippen LogP) is 4.29. The summed E-state index contributed by atoms with van der Waals surface area (Å²) in [5, 5.41) is 0.